The molecule has 1 unspecified atom stereocenters. The summed E-state index contributed by atoms with van der Waals surface area (Å²) in [6, 6.07) is 12.5. The van der Waals surface area contributed by atoms with Crippen molar-refractivity contribution in [2.45, 2.75) is 64.3 Å². The fourth-order valence-electron chi connectivity index (χ4n) is 5.27. The first-order valence-corrected chi connectivity index (χ1v) is 12.4. The minimum Gasteiger partial charge on any atom is -0.356 e. The summed E-state index contributed by atoms with van der Waals surface area (Å²) in [5.74, 6) is 1.56. The van der Waals surface area contributed by atoms with Gasteiger partial charge in [0.15, 0.2) is 0 Å². The number of pyridine rings is 1. The van der Waals surface area contributed by atoms with Gasteiger partial charge in [-0.3, -0.25) is 9.59 Å². The van der Waals surface area contributed by atoms with Gasteiger partial charge in [0.2, 0.25) is 12.3 Å². The maximum Gasteiger partial charge on any atom is 0.221 e. The number of nitrogens with one attached hydrogen (secondary N) is 1. The van der Waals surface area contributed by atoms with Crippen LogP contribution < -0.4 is 10.2 Å². The molecule has 1 atom stereocenters. The van der Waals surface area contributed by atoms with Crippen molar-refractivity contribution in [1.29, 1.82) is 0 Å². The van der Waals surface area contributed by atoms with Crippen molar-refractivity contribution in [3.63, 3.8) is 0 Å². The molecule has 33 heavy (non-hydrogen) atoms. The fraction of sp³-hybridized carbons (Fsp3) is 0.519. The Balaban J connectivity index is 1.32. The summed E-state index contributed by atoms with van der Waals surface area (Å²) >= 11 is 0. The zero-order valence-electron chi connectivity index (χ0n) is 19.7. The van der Waals surface area contributed by atoms with Crippen LogP contribution in [-0.2, 0) is 9.59 Å². The number of nitrogens with zero attached hydrogens (tertiary/aromatic N) is 3. The number of aromatic nitrogens is 1. The van der Waals surface area contributed by atoms with Crippen molar-refractivity contribution in [2.75, 3.05) is 29.9 Å². The molecule has 2 amide bonds. The Kier molecular flexibility index (Phi) is 7.97. The molecule has 0 spiro atoms. The van der Waals surface area contributed by atoms with Crippen LogP contribution in [-0.4, -0.2) is 47.9 Å². The van der Waals surface area contributed by atoms with Crippen LogP contribution in [0.15, 0.2) is 42.6 Å². The van der Waals surface area contributed by atoms with E-state index in [-0.39, 0.29) is 5.91 Å². The predicted molar refractivity (Wildman–Crippen MR) is 133 cm³/mol. The summed E-state index contributed by atoms with van der Waals surface area (Å²) in [5.41, 5.74) is 2.94. The summed E-state index contributed by atoms with van der Waals surface area (Å²) < 4.78 is 0. The van der Waals surface area contributed by atoms with Gasteiger partial charge < -0.3 is 15.1 Å². The lowest BCUT2D eigenvalue weighted by Crippen LogP contribution is -2.40. The molecule has 4 rings (SSSR count). The van der Waals surface area contributed by atoms with E-state index in [1.54, 1.807) is 0 Å². The molecule has 1 saturated carbocycles. The number of rotatable bonds is 8. The first kappa shape index (κ1) is 23.3. The maximum atomic E-state index is 11.7. The van der Waals surface area contributed by atoms with Crippen LogP contribution in [0.3, 0.4) is 0 Å². The van der Waals surface area contributed by atoms with Crippen LogP contribution in [0.5, 0.6) is 0 Å². The minimum atomic E-state index is -0.0681. The summed E-state index contributed by atoms with van der Waals surface area (Å²) in [5, 5.41) is 2.80. The molecular weight excluding hydrogens is 412 g/mol. The van der Waals surface area contributed by atoms with Gasteiger partial charge in [-0.25, -0.2) is 4.98 Å². The molecule has 0 bridgehead atoms. The standard InChI is InChI=1S/C27H36N4O2/c1-21(33)29-25-12-9-23(10-13-25)24-11-14-27(28-18-24)30-16-5-6-22(19-30)15-17-31(20-32)26-7-3-2-4-8-26/h9-14,18,20,22,26H,2-8,15-17,19H2,1H3,(H,29,33). The van der Waals surface area contributed by atoms with Crippen molar-refractivity contribution in [3.05, 3.63) is 42.6 Å². The van der Waals surface area contributed by atoms with Crippen LogP contribution in [0.25, 0.3) is 11.1 Å². The van der Waals surface area contributed by atoms with Gasteiger partial charge in [0.25, 0.3) is 0 Å². The van der Waals surface area contributed by atoms with Crippen molar-refractivity contribution in [2.24, 2.45) is 5.92 Å². The molecule has 1 aromatic heterocycles. The molecule has 1 saturated heterocycles. The Hall–Kier alpha value is -2.89. The number of carbonyl (C=O) groups excluding carboxylic acids is 2. The van der Waals surface area contributed by atoms with Crippen LogP contribution in [0, 0.1) is 5.92 Å². The SMILES string of the molecule is CC(=O)Nc1ccc(-c2ccc(N3CCCC(CCN(C=O)C4CCCCC4)C3)nc2)cc1. The number of hydrogen-bond acceptors (Lipinski definition) is 4. The van der Waals surface area contributed by atoms with Crippen molar-refractivity contribution < 1.29 is 9.59 Å². The highest BCUT2D eigenvalue weighted by molar-refractivity contribution is 5.89. The molecule has 1 aliphatic heterocycles. The molecule has 1 aromatic carbocycles. The van der Waals surface area contributed by atoms with Crippen LogP contribution in [0.1, 0.15) is 58.3 Å². The normalized spacial score (nSPS) is 19.2. The van der Waals surface area contributed by atoms with E-state index >= 15 is 0 Å². The molecule has 2 heterocycles. The number of amides is 2. The van der Waals surface area contributed by atoms with Crippen molar-refractivity contribution >= 4 is 23.8 Å². The Labute approximate surface area is 197 Å². The highest BCUT2D eigenvalue weighted by Gasteiger charge is 2.24. The van der Waals surface area contributed by atoms with Crippen molar-refractivity contribution in [1.82, 2.24) is 9.88 Å². The second-order valence-corrected chi connectivity index (χ2v) is 9.54. The van der Waals surface area contributed by atoms with Gasteiger partial charge in [-0.15, -0.1) is 0 Å². The molecule has 6 heteroatoms. The quantitative estimate of drug-likeness (QED) is 0.570. The highest BCUT2D eigenvalue weighted by atomic mass is 16.1. The topological polar surface area (TPSA) is 65.5 Å². The third-order valence-corrected chi connectivity index (χ3v) is 7.10. The monoisotopic (exact) mass is 448 g/mol. The molecule has 6 nitrogen and oxygen atoms in total. The van der Waals surface area contributed by atoms with E-state index in [4.69, 9.17) is 4.98 Å². The Morgan fingerprint density at radius 1 is 1.06 bits per heavy atom. The van der Waals surface area contributed by atoms with Crippen LogP contribution >= 0.6 is 0 Å². The van der Waals surface area contributed by atoms with Crippen LogP contribution in [0.4, 0.5) is 11.5 Å². The zero-order valence-corrected chi connectivity index (χ0v) is 19.7. The Bertz CT molecular complexity index is 907. The number of piperidine rings is 1. The lowest BCUT2D eigenvalue weighted by atomic mass is 9.92. The second-order valence-electron chi connectivity index (χ2n) is 9.54. The molecule has 1 N–H and O–H groups in total. The van der Waals surface area contributed by atoms with Crippen LogP contribution in [0.2, 0.25) is 0 Å². The van der Waals surface area contributed by atoms with Gasteiger partial charge in [0.1, 0.15) is 5.82 Å². The zero-order chi connectivity index (χ0) is 23.0. The van der Waals surface area contributed by atoms with E-state index in [1.165, 1.54) is 51.9 Å². The first-order valence-electron chi connectivity index (χ1n) is 12.4. The van der Waals surface area contributed by atoms with Gasteiger partial charge in [0.05, 0.1) is 0 Å². The van der Waals surface area contributed by atoms with E-state index in [0.717, 1.165) is 55.1 Å². The fourth-order valence-corrected chi connectivity index (χ4v) is 5.27. The van der Waals surface area contributed by atoms with Crippen molar-refractivity contribution in [3.8, 4) is 11.1 Å². The largest absolute Gasteiger partial charge is 0.356 e. The van der Waals surface area contributed by atoms with Gasteiger partial charge >= 0.3 is 0 Å². The van der Waals surface area contributed by atoms with Gasteiger partial charge in [0, 0.05) is 50.0 Å². The summed E-state index contributed by atoms with van der Waals surface area (Å²) in [6.45, 7) is 4.44. The molecule has 0 radical (unpaired) electrons. The Morgan fingerprint density at radius 3 is 2.48 bits per heavy atom. The van der Waals surface area contributed by atoms with E-state index in [2.05, 4.69) is 27.2 Å². The minimum absolute atomic E-state index is 0.0681. The summed E-state index contributed by atoms with van der Waals surface area (Å²) in [4.78, 5) is 32.1. The molecule has 2 fully saturated rings. The van der Waals surface area contributed by atoms with Gasteiger partial charge in [-0.2, -0.15) is 0 Å². The molecule has 2 aliphatic rings. The number of carbonyl (C=O) groups is 2. The number of anilines is 2. The van der Waals surface area contributed by atoms with E-state index in [9.17, 15) is 9.59 Å². The van der Waals surface area contributed by atoms with E-state index < -0.39 is 0 Å². The smallest absolute Gasteiger partial charge is 0.221 e. The second kappa shape index (κ2) is 11.3. The maximum absolute atomic E-state index is 11.7. The van der Waals surface area contributed by atoms with E-state index in [1.807, 2.05) is 30.5 Å². The highest BCUT2D eigenvalue weighted by Crippen LogP contribution is 2.28. The lowest BCUT2D eigenvalue weighted by Gasteiger charge is -2.36. The van der Waals surface area contributed by atoms with Gasteiger partial charge in [-0.05, 0) is 67.9 Å². The third kappa shape index (κ3) is 6.34. The number of benzene rings is 1. The molecular formula is C27H36N4O2. The lowest BCUT2D eigenvalue weighted by molar-refractivity contribution is -0.121. The average molecular weight is 449 g/mol. The molecule has 2 aromatic rings. The summed E-state index contributed by atoms with van der Waals surface area (Å²) in [7, 11) is 0. The van der Waals surface area contributed by atoms with E-state index in [0.29, 0.717) is 12.0 Å². The summed E-state index contributed by atoms with van der Waals surface area (Å²) in [6.07, 6.45) is 12.7. The first-order chi connectivity index (χ1) is 16.1. The predicted octanol–water partition coefficient (Wildman–Crippen LogP) is 5.10. The number of hydrogen-bond donors (Lipinski definition) is 1. The third-order valence-electron chi connectivity index (χ3n) is 7.10. The average Bonchev–Trinajstić information content (AvgIpc) is 2.85. The Morgan fingerprint density at radius 2 is 1.82 bits per heavy atom. The molecule has 176 valence electrons. The van der Waals surface area contributed by atoms with Gasteiger partial charge in [-0.1, -0.05) is 31.4 Å². The molecule has 1 aliphatic carbocycles.